The lowest BCUT2D eigenvalue weighted by Gasteiger charge is -2.16. The second kappa shape index (κ2) is 6.19. The van der Waals surface area contributed by atoms with Gasteiger partial charge >= 0.3 is 0 Å². The van der Waals surface area contributed by atoms with Crippen LogP contribution in [-0.4, -0.2) is 31.5 Å². The smallest absolute Gasteiger partial charge is 0.241 e. The van der Waals surface area contributed by atoms with Gasteiger partial charge in [-0.2, -0.15) is 0 Å². The molecule has 19 heavy (non-hydrogen) atoms. The van der Waals surface area contributed by atoms with E-state index >= 15 is 0 Å². The molecule has 102 valence electrons. The quantitative estimate of drug-likeness (QED) is 0.695. The molecule has 6 nitrogen and oxygen atoms in total. The van der Waals surface area contributed by atoms with Gasteiger partial charge < -0.3 is 15.8 Å². The molecule has 6 heteroatoms. The molecule has 0 radical (unpaired) electrons. The number of nitrogens with one attached hydrogen (secondary N) is 2. The number of primary amides is 1. The molecule has 0 spiro atoms. The maximum absolute atomic E-state index is 12.1. The van der Waals surface area contributed by atoms with E-state index in [-0.39, 0.29) is 18.9 Å². The van der Waals surface area contributed by atoms with Gasteiger partial charge in [0.15, 0.2) is 0 Å². The largest absolute Gasteiger partial charge is 0.492 e. The lowest BCUT2D eigenvalue weighted by molar-refractivity contribution is -0.123. The highest BCUT2D eigenvalue weighted by molar-refractivity contribution is 5.84. The molecule has 1 heterocycles. The number of carbonyl (C=O) groups is 2. The molecule has 1 aliphatic rings. The van der Waals surface area contributed by atoms with Crippen molar-refractivity contribution in [3.05, 3.63) is 29.8 Å². The first-order valence-corrected chi connectivity index (χ1v) is 6.19. The van der Waals surface area contributed by atoms with E-state index in [0.29, 0.717) is 18.9 Å². The molecule has 2 amide bonds. The highest BCUT2D eigenvalue weighted by atomic mass is 16.5. The molecular weight excluding hydrogens is 246 g/mol. The molecule has 0 saturated heterocycles. The van der Waals surface area contributed by atoms with Gasteiger partial charge in [-0.05, 0) is 6.07 Å². The molecule has 0 fully saturated rings. The first-order valence-electron chi connectivity index (χ1n) is 6.19. The summed E-state index contributed by atoms with van der Waals surface area (Å²) in [7, 11) is 0. The van der Waals surface area contributed by atoms with Crippen molar-refractivity contribution in [1.29, 1.82) is 0 Å². The molecule has 1 atom stereocenters. The van der Waals surface area contributed by atoms with Gasteiger partial charge in [0.1, 0.15) is 18.4 Å². The summed E-state index contributed by atoms with van der Waals surface area (Å²) in [6, 6.07) is 6.95. The van der Waals surface area contributed by atoms with Crippen LogP contribution in [0.1, 0.15) is 18.0 Å². The van der Waals surface area contributed by atoms with Gasteiger partial charge in [0.25, 0.3) is 0 Å². The van der Waals surface area contributed by atoms with Crippen LogP contribution in [0.3, 0.4) is 0 Å². The minimum absolute atomic E-state index is 0.136. The van der Waals surface area contributed by atoms with Gasteiger partial charge in [0.2, 0.25) is 11.8 Å². The summed E-state index contributed by atoms with van der Waals surface area (Å²) in [4.78, 5) is 22.8. The summed E-state index contributed by atoms with van der Waals surface area (Å²) in [6.07, 6.45) is 0.136. The maximum Gasteiger partial charge on any atom is 0.241 e. The van der Waals surface area contributed by atoms with Crippen molar-refractivity contribution in [3.63, 3.8) is 0 Å². The number of amides is 2. The minimum Gasteiger partial charge on any atom is -0.492 e. The van der Waals surface area contributed by atoms with Gasteiger partial charge in [-0.3, -0.25) is 14.9 Å². The molecule has 2 rings (SSSR count). The number of ether oxygens (including phenoxy) is 1. The molecule has 1 aromatic carbocycles. The molecule has 0 bridgehead atoms. The first kappa shape index (κ1) is 13.4. The monoisotopic (exact) mass is 263 g/mol. The lowest BCUT2D eigenvalue weighted by Crippen LogP contribution is -2.39. The van der Waals surface area contributed by atoms with Crippen molar-refractivity contribution < 1.29 is 14.3 Å². The van der Waals surface area contributed by atoms with Crippen molar-refractivity contribution in [3.8, 4) is 5.75 Å². The Morgan fingerprint density at radius 3 is 3.00 bits per heavy atom. The van der Waals surface area contributed by atoms with E-state index in [1.54, 1.807) is 0 Å². The zero-order valence-electron chi connectivity index (χ0n) is 10.5. The zero-order valence-corrected chi connectivity index (χ0v) is 10.5. The van der Waals surface area contributed by atoms with Crippen molar-refractivity contribution >= 4 is 11.8 Å². The summed E-state index contributed by atoms with van der Waals surface area (Å²) in [5, 5.41) is 5.82. The third kappa shape index (κ3) is 3.45. The average Bonchev–Trinajstić information content (AvgIpc) is 2.60. The van der Waals surface area contributed by atoms with E-state index in [9.17, 15) is 9.59 Å². The fourth-order valence-electron chi connectivity index (χ4n) is 1.97. The van der Waals surface area contributed by atoms with E-state index in [0.717, 1.165) is 5.56 Å². The SMILES string of the molecule is NC(=O)CCNC(=O)C1NCCOc2ccccc21. The Hall–Kier alpha value is -2.08. The second-order valence-electron chi connectivity index (χ2n) is 4.28. The van der Waals surface area contributed by atoms with Gasteiger partial charge in [-0.25, -0.2) is 0 Å². The van der Waals surface area contributed by atoms with Crippen LogP contribution in [0.25, 0.3) is 0 Å². The maximum atomic E-state index is 12.1. The van der Waals surface area contributed by atoms with E-state index in [1.165, 1.54) is 0 Å². The molecule has 1 unspecified atom stereocenters. The van der Waals surface area contributed by atoms with Crippen LogP contribution in [0.5, 0.6) is 5.75 Å². The van der Waals surface area contributed by atoms with Gasteiger partial charge in [0.05, 0.1) is 0 Å². The van der Waals surface area contributed by atoms with Gasteiger partial charge in [-0.15, -0.1) is 0 Å². The Bertz CT molecular complexity index is 476. The third-order valence-electron chi connectivity index (χ3n) is 2.87. The Morgan fingerprint density at radius 1 is 1.42 bits per heavy atom. The molecule has 1 aromatic rings. The summed E-state index contributed by atoms with van der Waals surface area (Å²) >= 11 is 0. The van der Waals surface area contributed by atoms with Crippen LogP contribution in [0, 0.1) is 0 Å². The number of para-hydroxylation sites is 1. The number of carbonyl (C=O) groups excluding carboxylic acids is 2. The minimum atomic E-state index is -0.466. The summed E-state index contributed by atoms with van der Waals surface area (Å²) in [5.41, 5.74) is 5.84. The predicted octanol–water partition coefficient (Wildman–Crippen LogP) is -0.299. The van der Waals surface area contributed by atoms with Crippen LogP contribution in [0.2, 0.25) is 0 Å². The topological polar surface area (TPSA) is 93.5 Å². The van der Waals surface area contributed by atoms with Crippen molar-refractivity contribution in [2.24, 2.45) is 5.73 Å². The Labute approximate surface area is 111 Å². The van der Waals surface area contributed by atoms with Crippen LogP contribution in [0.4, 0.5) is 0 Å². The molecule has 0 aliphatic carbocycles. The molecule has 4 N–H and O–H groups in total. The van der Waals surface area contributed by atoms with E-state index < -0.39 is 11.9 Å². The van der Waals surface area contributed by atoms with Crippen LogP contribution in [0.15, 0.2) is 24.3 Å². The highest BCUT2D eigenvalue weighted by Gasteiger charge is 2.25. The number of fused-ring (bicyclic) bond motifs is 1. The normalized spacial score (nSPS) is 17.8. The van der Waals surface area contributed by atoms with E-state index in [1.807, 2.05) is 24.3 Å². The second-order valence-corrected chi connectivity index (χ2v) is 4.28. The summed E-state index contributed by atoms with van der Waals surface area (Å²) in [5.74, 6) is 0.0969. The van der Waals surface area contributed by atoms with Crippen LogP contribution in [-0.2, 0) is 9.59 Å². The Balaban J connectivity index is 2.06. The zero-order chi connectivity index (χ0) is 13.7. The number of rotatable bonds is 4. The predicted molar refractivity (Wildman–Crippen MR) is 69.5 cm³/mol. The highest BCUT2D eigenvalue weighted by Crippen LogP contribution is 2.26. The van der Waals surface area contributed by atoms with Gasteiger partial charge in [0, 0.05) is 25.1 Å². The van der Waals surface area contributed by atoms with E-state index in [2.05, 4.69) is 10.6 Å². The molecule has 1 aliphatic heterocycles. The molecule has 0 saturated carbocycles. The number of hydrogen-bond acceptors (Lipinski definition) is 4. The fraction of sp³-hybridized carbons (Fsp3) is 0.385. The van der Waals surface area contributed by atoms with E-state index in [4.69, 9.17) is 10.5 Å². The Morgan fingerprint density at radius 2 is 2.21 bits per heavy atom. The van der Waals surface area contributed by atoms with Crippen molar-refractivity contribution in [1.82, 2.24) is 10.6 Å². The molecule has 0 aromatic heterocycles. The fourth-order valence-corrected chi connectivity index (χ4v) is 1.97. The summed E-state index contributed by atoms with van der Waals surface area (Å²) in [6.45, 7) is 1.35. The first-order chi connectivity index (χ1) is 9.18. The third-order valence-corrected chi connectivity index (χ3v) is 2.87. The number of nitrogens with two attached hydrogens (primary N) is 1. The standard InChI is InChI=1S/C13H17N3O3/c14-11(17)5-6-16-13(18)12-9-3-1-2-4-10(9)19-8-7-15-12/h1-4,12,15H,5-8H2,(H2,14,17)(H,16,18). The molecular formula is C13H17N3O3. The lowest BCUT2D eigenvalue weighted by atomic mass is 10.1. The van der Waals surface area contributed by atoms with Crippen LogP contribution >= 0.6 is 0 Å². The van der Waals surface area contributed by atoms with Crippen molar-refractivity contribution in [2.45, 2.75) is 12.5 Å². The Kier molecular flexibility index (Phi) is 4.35. The van der Waals surface area contributed by atoms with Crippen molar-refractivity contribution in [2.75, 3.05) is 19.7 Å². The summed E-state index contributed by atoms with van der Waals surface area (Å²) < 4.78 is 5.55. The average molecular weight is 263 g/mol. The van der Waals surface area contributed by atoms with Gasteiger partial charge in [-0.1, -0.05) is 18.2 Å². The number of hydrogen-bond donors (Lipinski definition) is 3. The van der Waals surface area contributed by atoms with Crippen LogP contribution < -0.4 is 21.1 Å². The number of benzene rings is 1.